The summed E-state index contributed by atoms with van der Waals surface area (Å²) in [6.45, 7) is -0.365. The fraction of sp³-hybridized carbons (Fsp3) is 0.333. The summed E-state index contributed by atoms with van der Waals surface area (Å²) in [7, 11) is -3.02. The highest BCUT2D eigenvalue weighted by molar-refractivity contribution is 14.1. The first-order chi connectivity index (χ1) is 14.5. The zero-order valence-corrected chi connectivity index (χ0v) is 19.1. The molecular formula is C18H18F2IN3O6S. The van der Waals surface area contributed by atoms with Crippen molar-refractivity contribution in [3.63, 3.8) is 0 Å². The number of carbonyl (C=O) groups excluding carboxylic acids is 1. The molecule has 3 N–H and O–H groups in total. The van der Waals surface area contributed by atoms with E-state index in [1.54, 1.807) is 0 Å². The van der Waals surface area contributed by atoms with Crippen LogP contribution in [0.3, 0.4) is 0 Å². The second-order valence-electron chi connectivity index (χ2n) is 6.98. The number of aliphatic hydroxyl groups is 1. The number of hydrogen-bond donors (Lipinski definition) is 3. The van der Waals surface area contributed by atoms with Gasteiger partial charge in [0.05, 0.1) is 10.4 Å². The van der Waals surface area contributed by atoms with Crippen LogP contribution in [0.4, 0.5) is 25.0 Å². The Morgan fingerprint density at radius 2 is 1.94 bits per heavy atom. The van der Waals surface area contributed by atoms with Crippen LogP contribution in [-0.4, -0.2) is 35.5 Å². The van der Waals surface area contributed by atoms with E-state index in [2.05, 4.69) is 10.0 Å². The Morgan fingerprint density at radius 3 is 2.52 bits per heavy atom. The number of pyridine rings is 1. The summed E-state index contributed by atoms with van der Waals surface area (Å²) >= 11 is 1.88. The fourth-order valence-corrected chi connectivity index (χ4v) is 5.05. The molecule has 1 heterocycles. The lowest BCUT2D eigenvalue weighted by Gasteiger charge is -2.19. The van der Waals surface area contributed by atoms with Crippen LogP contribution in [-0.2, 0) is 17.1 Å². The van der Waals surface area contributed by atoms with E-state index in [4.69, 9.17) is 9.84 Å². The molecule has 3 rings (SSSR count). The van der Waals surface area contributed by atoms with E-state index in [1.165, 1.54) is 18.2 Å². The van der Waals surface area contributed by atoms with Gasteiger partial charge in [0.25, 0.3) is 5.56 Å². The molecule has 1 aliphatic carbocycles. The zero-order chi connectivity index (χ0) is 23.0. The van der Waals surface area contributed by atoms with Gasteiger partial charge in [0.2, 0.25) is 15.9 Å². The van der Waals surface area contributed by atoms with Gasteiger partial charge in [-0.1, -0.05) is 0 Å². The van der Waals surface area contributed by atoms with Gasteiger partial charge in [0.15, 0.2) is 5.82 Å². The molecule has 0 unspecified atom stereocenters. The summed E-state index contributed by atoms with van der Waals surface area (Å²) in [6, 6.07) is 4.59. The molecule has 31 heavy (non-hydrogen) atoms. The molecule has 0 saturated heterocycles. The molecule has 1 aliphatic rings. The van der Waals surface area contributed by atoms with Gasteiger partial charge in [0.1, 0.15) is 11.5 Å². The van der Waals surface area contributed by atoms with Crippen LogP contribution >= 0.6 is 22.6 Å². The molecule has 168 valence electrons. The quantitative estimate of drug-likeness (QED) is 0.440. The highest BCUT2D eigenvalue weighted by Gasteiger charge is 2.54. The number of amides is 1. The summed E-state index contributed by atoms with van der Waals surface area (Å²) in [4.78, 5) is 24.2. The summed E-state index contributed by atoms with van der Waals surface area (Å²) in [5.74, 6) is -2.60. The third-order valence-corrected chi connectivity index (χ3v) is 7.77. The van der Waals surface area contributed by atoms with Crippen LogP contribution in [0, 0.1) is 15.2 Å². The third kappa shape index (κ3) is 4.82. The number of rotatable bonds is 7. The Bertz CT molecular complexity index is 1200. The van der Waals surface area contributed by atoms with Crippen LogP contribution in [0.2, 0.25) is 0 Å². The van der Waals surface area contributed by atoms with Crippen molar-refractivity contribution in [2.24, 2.45) is 7.05 Å². The van der Waals surface area contributed by atoms with Gasteiger partial charge in [-0.3, -0.25) is 19.4 Å². The van der Waals surface area contributed by atoms with Crippen molar-refractivity contribution in [2.45, 2.75) is 24.0 Å². The number of hydrogen-bond acceptors (Lipinski definition) is 6. The minimum absolute atomic E-state index is 0.0284. The number of ether oxygens (including phenoxy) is 1. The summed E-state index contributed by atoms with van der Waals surface area (Å²) in [5.41, 5.74) is -1.86. The van der Waals surface area contributed by atoms with Gasteiger partial charge in [-0.2, -0.15) is 0 Å². The number of anilines is 2. The molecule has 1 fully saturated rings. The number of sulfonamides is 1. The molecule has 0 bridgehead atoms. The molecule has 2 aromatic rings. The predicted molar refractivity (Wildman–Crippen MR) is 117 cm³/mol. The molecule has 1 aromatic heterocycles. The molecule has 13 heteroatoms. The number of nitrogens with zero attached hydrogens (tertiary/aromatic N) is 1. The minimum atomic E-state index is -4.10. The molecular weight excluding hydrogens is 551 g/mol. The van der Waals surface area contributed by atoms with Crippen molar-refractivity contribution in [3.05, 3.63) is 49.8 Å². The van der Waals surface area contributed by atoms with Crippen LogP contribution in [0.25, 0.3) is 0 Å². The number of aromatic nitrogens is 1. The van der Waals surface area contributed by atoms with Crippen LogP contribution < -0.4 is 20.3 Å². The predicted octanol–water partition coefficient (Wildman–Crippen LogP) is 2.54. The first-order valence-electron chi connectivity index (χ1n) is 8.96. The van der Waals surface area contributed by atoms with E-state index in [1.807, 2.05) is 22.6 Å². The van der Waals surface area contributed by atoms with Crippen molar-refractivity contribution < 1.29 is 31.8 Å². The number of nitrogens with one attached hydrogen (secondary N) is 2. The van der Waals surface area contributed by atoms with Crippen molar-refractivity contribution >= 4 is 50.1 Å². The maximum Gasteiger partial charge on any atom is 0.418 e. The average Bonchev–Trinajstić information content (AvgIpc) is 3.47. The van der Waals surface area contributed by atoms with Gasteiger partial charge in [-0.05, 0) is 60.1 Å². The Labute approximate surface area is 189 Å². The standard InChI is InChI=1S/C18H18F2IN3O6S/c1-24-15(26)12(20)9-14(23-31(28,29)18(4-5-18)6-7-25)16(24)30-17(27)22-13-3-2-10(21)8-11(13)19/h2-3,8-9,23,25H,4-7H2,1H3,(H,22,27). The van der Waals surface area contributed by atoms with E-state index in [9.17, 15) is 26.8 Å². The van der Waals surface area contributed by atoms with E-state index >= 15 is 0 Å². The molecule has 1 saturated carbocycles. The third-order valence-electron chi connectivity index (χ3n) is 4.86. The van der Waals surface area contributed by atoms with Gasteiger partial charge in [-0.15, -0.1) is 0 Å². The molecule has 0 atom stereocenters. The Kier molecular flexibility index (Phi) is 6.57. The number of benzene rings is 1. The van der Waals surface area contributed by atoms with Crippen LogP contribution in [0.1, 0.15) is 19.3 Å². The number of carbonyl (C=O) groups is 1. The SMILES string of the molecule is Cn1c(OC(=O)Nc2ccc(I)cc2F)c(NS(=O)(=O)C2(CCO)CC2)cc(F)c1=O. The lowest BCUT2D eigenvalue weighted by atomic mass is 10.3. The second-order valence-corrected chi connectivity index (χ2v) is 10.3. The summed E-state index contributed by atoms with van der Waals surface area (Å²) < 4.78 is 60.6. The van der Waals surface area contributed by atoms with Crippen LogP contribution in [0.5, 0.6) is 5.88 Å². The fourth-order valence-electron chi connectivity index (χ4n) is 2.94. The Hall–Kier alpha value is -2.26. The van der Waals surface area contributed by atoms with Gasteiger partial charge in [0, 0.05) is 23.3 Å². The molecule has 0 radical (unpaired) electrons. The molecule has 1 aromatic carbocycles. The van der Waals surface area contributed by atoms with Crippen molar-refractivity contribution in [3.8, 4) is 5.88 Å². The number of halogens is 3. The molecule has 1 amide bonds. The first-order valence-corrected chi connectivity index (χ1v) is 11.5. The maximum atomic E-state index is 14.0. The van der Waals surface area contributed by atoms with Crippen LogP contribution in [0.15, 0.2) is 29.1 Å². The van der Waals surface area contributed by atoms with E-state index in [0.717, 1.165) is 7.05 Å². The van der Waals surface area contributed by atoms with E-state index < -0.39 is 49.6 Å². The maximum absolute atomic E-state index is 14.0. The van der Waals surface area contributed by atoms with Crippen molar-refractivity contribution in [1.29, 1.82) is 0 Å². The van der Waals surface area contributed by atoms with Gasteiger partial charge < -0.3 is 9.84 Å². The zero-order valence-electron chi connectivity index (χ0n) is 16.1. The van der Waals surface area contributed by atoms with E-state index in [0.29, 0.717) is 27.0 Å². The molecule has 0 aliphatic heterocycles. The number of aliphatic hydroxyl groups excluding tert-OH is 1. The lowest BCUT2D eigenvalue weighted by molar-refractivity contribution is 0.211. The first kappa shape index (κ1) is 23.4. The monoisotopic (exact) mass is 569 g/mol. The second kappa shape index (κ2) is 8.70. The normalized spacial score (nSPS) is 14.7. The lowest BCUT2D eigenvalue weighted by Crippen LogP contribution is -2.33. The van der Waals surface area contributed by atoms with Crippen molar-refractivity contribution in [2.75, 3.05) is 16.6 Å². The van der Waals surface area contributed by atoms with Gasteiger partial charge >= 0.3 is 6.09 Å². The average molecular weight is 569 g/mol. The Balaban J connectivity index is 1.92. The van der Waals surface area contributed by atoms with Gasteiger partial charge in [-0.25, -0.2) is 22.0 Å². The summed E-state index contributed by atoms with van der Waals surface area (Å²) in [5, 5.41) is 11.3. The largest absolute Gasteiger partial charge is 0.418 e. The van der Waals surface area contributed by atoms with Crippen molar-refractivity contribution in [1.82, 2.24) is 4.57 Å². The highest BCUT2D eigenvalue weighted by atomic mass is 127. The minimum Gasteiger partial charge on any atom is -0.396 e. The Morgan fingerprint density at radius 1 is 1.26 bits per heavy atom. The van der Waals surface area contributed by atoms with E-state index in [-0.39, 0.29) is 18.7 Å². The summed E-state index contributed by atoms with van der Waals surface area (Å²) in [6.07, 6.45) is -0.669. The molecule has 0 spiro atoms. The topological polar surface area (TPSA) is 127 Å². The smallest absolute Gasteiger partial charge is 0.396 e. The highest BCUT2D eigenvalue weighted by Crippen LogP contribution is 2.47. The molecule has 9 nitrogen and oxygen atoms in total.